The Morgan fingerprint density at radius 2 is 1.93 bits per heavy atom. The van der Waals surface area contributed by atoms with Gasteiger partial charge in [0.15, 0.2) is 0 Å². The van der Waals surface area contributed by atoms with Crippen LogP contribution in [0.5, 0.6) is 0 Å². The molecule has 0 spiro atoms. The summed E-state index contributed by atoms with van der Waals surface area (Å²) < 4.78 is 0. The van der Waals surface area contributed by atoms with Crippen molar-refractivity contribution in [3.63, 3.8) is 0 Å². The maximum atomic E-state index is 12.8. The number of hydrogen-bond acceptors (Lipinski definition) is 4. The van der Waals surface area contributed by atoms with Gasteiger partial charge in [-0.2, -0.15) is 5.26 Å². The van der Waals surface area contributed by atoms with Gasteiger partial charge in [0.2, 0.25) is 5.91 Å². The lowest BCUT2D eigenvalue weighted by Crippen LogP contribution is -2.44. The first-order chi connectivity index (χ1) is 14.0. The minimum atomic E-state index is -0.205. The van der Waals surface area contributed by atoms with E-state index in [1.165, 1.54) is 5.56 Å². The molecule has 0 saturated carbocycles. The second-order valence-electron chi connectivity index (χ2n) is 7.60. The molecular weight excluding hydrogens is 384 g/mol. The summed E-state index contributed by atoms with van der Waals surface area (Å²) in [6, 6.07) is 15.2. The molecule has 0 aromatic heterocycles. The topological polar surface area (TPSA) is 59.4 Å². The molecule has 1 amide bonds. The van der Waals surface area contributed by atoms with Crippen LogP contribution in [0.25, 0.3) is 0 Å². The highest BCUT2D eigenvalue weighted by molar-refractivity contribution is 6.31. The average molecular weight is 411 g/mol. The molecule has 0 aliphatic carbocycles. The van der Waals surface area contributed by atoms with Crippen LogP contribution in [-0.2, 0) is 11.3 Å². The van der Waals surface area contributed by atoms with Crippen LogP contribution in [0.1, 0.15) is 30.0 Å². The largest absolute Gasteiger partial charge is 0.324 e. The van der Waals surface area contributed by atoms with E-state index in [4.69, 9.17) is 16.9 Å². The van der Waals surface area contributed by atoms with Crippen molar-refractivity contribution in [3.8, 4) is 6.07 Å². The van der Waals surface area contributed by atoms with Gasteiger partial charge in [-0.1, -0.05) is 29.8 Å². The molecule has 29 heavy (non-hydrogen) atoms. The number of nitrogens with one attached hydrogen (secondary N) is 1. The molecule has 1 unspecified atom stereocenters. The van der Waals surface area contributed by atoms with E-state index in [9.17, 15) is 4.79 Å². The van der Waals surface area contributed by atoms with Crippen LogP contribution in [-0.4, -0.2) is 47.9 Å². The zero-order chi connectivity index (χ0) is 20.8. The summed E-state index contributed by atoms with van der Waals surface area (Å²) >= 11 is 6.07. The number of carbonyl (C=O) groups is 1. The van der Waals surface area contributed by atoms with Gasteiger partial charge in [0.05, 0.1) is 17.7 Å². The minimum Gasteiger partial charge on any atom is -0.324 e. The van der Waals surface area contributed by atoms with Crippen LogP contribution in [0.15, 0.2) is 42.5 Å². The number of halogens is 1. The molecule has 1 N–H and O–H groups in total. The highest BCUT2D eigenvalue weighted by Crippen LogP contribution is 2.21. The summed E-state index contributed by atoms with van der Waals surface area (Å²) in [6.45, 7) is 8.44. The van der Waals surface area contributed by atoms with Gasteiger partial charge in [0.1, 0.15) is 0 Å². The van der Waals surface area contributed by atoms with E-state index in [0.29, 0.717) is 10.6 Å². The van der Waals surface area contributed by atoms with Gasteiger partial charge in [-0.15, -0.1) is 0 Å². The van der Waals surface area contributed by atoms with Crippen molar-refractivity contribution in [2.75, 3.05) is 31.5 Å². The van der Waals surface area contributed by atoms with Crippen molar-refractivity contribution >= 4 is 23.2 Å². The molecular formula is C23H27ClN4O. The Balaban J connectivity index is 1.55. The van der Waals surface area contributed by atoms with E-state index in [2.05, 4.69) is 21.2 Å². The maximum absolute atomic E-state index is 12.8. The standard InChI is InChI=1S/C23H27ClN4O/c1-17-4-9-21(24)14-22(17)26-23(29)18(2)28-11-3-10-27(12-13-28)16-20-7-5-19(15-25)6-8-20/h4-9,14,18H,3,10-13,16H2,1-2H3,(H,26,29). The summed E-state index contributed by atoms with van der Waals surface area (Å²) in [7, 11) is 0. The van der Waals surface area contributed by atoms with Crippen molar-refractivity contribution in [2.24, 2.45) is 0 Å². The van der Waals surface area contributed by atoms with Crippen molar-refractivity contribution in [3.05, 3.63) is 64.2 Å². The highest BCUT2D eigenvalue weighted by atomic mass is 35.5. The number of rotatable bonds is 5. The normalized spacial score (nSPS) is 16.6. The van der Waals surface area contributed by atoms with Crippen LogP contribution < -0.4 is 5.32 Å². The summed E-state index contributed by atoms with van der Waals surface area (Å²) in [5.74, 6) is -0.00379. The number of carbonyl (C=O) groups excluding carboxylic acids is 1. The quantitative estimate of drug-likeness (QED) is 0.807. The number of aryl methyl sites for hydroxylation is 1. The third-order valence-electron chi connectivity index (χ3n) is 5.50. The fourth-order valence-electron chi connectivity index (χ4n) is 3.61. The fraction of sp³-hybridized carbons (Fsp3) is 0.391. The van der Waals surface area contributed by atoms with Gasteiger partial charge >= 0.3 is 0 Å². The van der Waals surface area contributed by atoms with E-state index in [1.807, 2.05) is 50.2 Å². The van der Waals surface area contributed by atoms with Crippen LogP contribution >= 0.6 is 11.6 Å². The molecule has 1 heterocycles. The zero-order valence-corrected chi connectivity index (χ0v) is 17.7. The molecule has 0 radical (unpaired) electrons. The smallest absolute Gasteiger partial charge is 0.241 e. The molecule has 1 aliphatic rings. The van der Waals surface area contributed by atoms with Gasteiger partial charge in [-0.3, -0.25) is 14.6 Å². The Labute approximate surface area is 177 Å². The van der Waals surface area contributed by atoms with E-state index in [0.717, 1.165) is 50.4 Å². The van der Waals surface area contributed by atoms with Gasteiger partial charge in [0.25, 0.3) is 0 Å². The molecule has 2 aromatic rings. The SMILES string of the molecule is Cc1ccc(Cl)cc1NC(=O)C(C)N1CCCN(Cc2ccc(C#N)cc2)CC1. The number of hydrogen-bond donors (Lipinski definition) is 1. The molecule has 0 bridgehead atoms. The van der Waals surface area contributed by atoms with E-state index in [1.54, 1.807) is 6.07 Å². The second-order valence-corrected chi connectivity index (χ2v) is 8.04. The lowest BCUT2D eigenvalue weighted by atomic mass is 10.1. The maximum Gasteiger partial charge on any atom is 0.241 e. The molecule has 1 fully saturated rings. The van der Waals surface area contributed by atoms with Gasteiger partial charge in [-0.25, -0.2) is 0 Å². The average Bonchev–Trinajstić information content (AvgIpc) is 2.96. The fourth-order valence-corrected chi connectivity index (χ4v) is 3.78. The number of benzene rings is 2. The monoisotopic (exact) mass is 410 g/mol. The predicted octanol–water partition coefficient (Wildman–Crippen LogP) is 4.06. The lowest BCUT2D eigenvalue weighted by molar-refractivity contribution is -0.120. The van der Waals surface area contributed by atoms with Crippen LogP contribution in [0.2, 0.25) is 5.02 Å². The molecule has 152 valence electrons. The molecule has 1 aliphatic heterocycles. The molecule has 1 atom stereocenters. The molecule has 3 rings (SSSR count). The summed E-state index contributed by atoms with van der Waals surface area (Å²) in [6.07, 6.45) is 1.02. The van der Waals surface area contributed by atoms with Crippen molar-refractivity contribution in [2.45, 2.75) is 32.9 Å². The zero-order valence-electron chi connectivity index (χ0n) is 17.0. The lowest BCUT2D eigenvalue weighted by Gasteiger charge is -2.27. The first-order valence-corrected chi connectivity index (χ1v) is 10.4. The number of anilines is 1. The number of amides is 1. The van der Waals surface area contributed by atoms with Gasteiger partial charge in [0, 0.05) is 36.9 Å². The first kappa shape index (κ1) is 21.3. The number of nitriles is 1. The molecule has 5 nitrogen and oxygen atoms in total. The molecule has 6 heteroatoms. The van der Waals surface area contributed by atoms with E-state index < -0.39 is 0 Å². The molecule has 2 aromatic carbocycles. The molecule has 1 saturated heterocycles. The Kier molecular flexibility index (Phi) is 7.27. The Bertz CT molecular complexity index is 891. The van der Waals surface area contributed by atoms with Crippen LogP contribution in [0, 0.1) is 18.3 Å². The third-order valence-corrected chi connectivity index (χ3v) is 5.73. The Hall–Kier alpha value is -2.39. The van der Waals surface area contributed by atoms with Crippen molar-refractivity contribution in [1.82, 2.24) is 9.80 Å². The van der Waals surface area contributed by atoms with E-state index >= 15 is 0 Å². The Morgan fingerprint density at radius 1 is 1.17 bits per heavy atom. The third kappa shape index (κ3) is 5.80. The number of nitrogens with zero attached hydrogens (tertiary/aromatic N) is 3. The first-order valence-electron chi connectivity index (χ1n) is 9.99. The second kappa shape index (κ2) is 9.89. The Morgan fingerprint density at radius 3 is 2.66 bits per heavy atom. The summed E-state index contributed by atoms with van der Waals surface area (Å²) in [5, 5.41) is 12.6. The van der Waals surface area contributed by atoms with Crippen LogP contribution in [0.4, 0.5) is 5.69 Å². The minimum absolute atomic E-state index is 0.00379. The van der Waals surface area contributed by atoms with Gasteiger partial charge < -0.3 is 5.32 Å². The van der Waals surface area contributed by atoms with Gasteiger partial charge in [-0.05, 0) is 62.2 Å². The van der Waals surface area contributed by atoms with E-state index in [-0.39, 0.29) is 11.9 Å². The van der Waals surface area contributed by atoms with Crippen molar-refractivity contribution < 1.29 is 4.79 Å². The van der Waals surface area contributed by atoms with Crippen LogP contribution in [0.3, 0.4) is 0 Å². The summed E-state index contributed by atoms with van der Waals surface area (Å²) in [4.78, 5) is 17.4. The van der Waals surface area contributed by atoms with Crippen molar-refractivity contribution in [1.29, 1.82) is 5.26 Å². The summed E-state index contributed by atoms with van der Waals surface area (Å²) in [5.41, 5.74) is 3.66. The predicted molar refractivity (Wildman–Crippen MR) is 117 cm³/mol. The highest BCUT2D eigenvalue weighted by Gasteiger charge is 2.24.